The van der Waals surface area contributed by atoms with Gasteiger partial charge in [-0.15, -0.1) is 0 Å². The minimum absolute atomic E-state index is 0.185. The number of hydrogen-bond acceptors (Lipinski definition) is 3. The van der Waals surface area contributed by atoms with Crippen LogP contribution >= 0.6 is 0 Å². The second kappa shape index (κ2) is 9.66. The standard InChI is InChI=1S/C26H22N2O4/c29-25(15-12-18-10-13-21(14-11-18)32-20-6-2-1-3-7-20)28-24(26(30)31)16-19-17-27-23-9-5-4-8-22(19)23/h1-15,17,24,27H,16H2,(H,28,29)(H,30,31)/b15-12+/t24-/m0/s1. The molecule has 32 heavy (non-hydrogen) atoms. The van der Waals surface area contributed by atoms with Crippen LogP contribution in [0.3, 0.4) is 0 Å². The minimum Gasteiger partial charge on any atom is -0.480 e. The first kappa shape index (κ1) is 20.9. The highest BCUT2D eigenvalue weighted by Gasteiger charge is 2.21. The number of rotatable bonds is 8. The number of hydrogen-bond donors (Lipinski definition) is 3. The fourth-order valence-corrected chi connectivity index (χ4v) is 3.38. The molecule has 3 aromatic carbocycles. The fourth-order valence-electron chi connectivity index (χ4n) is 3.38. The molecule has 1 heterocycles. The molecule has 0 spiro atoms. The van der Waals surface area contributed by atoms with Crippen molar-refractivity contribution in [3.05, 3.63) is 102 Å². The summed E-state index contributed by atoms with van der Waals surface area (Å²) in [5.41, 5.74) is 2.56. The number of aromatic nitrogens is 1. The van der Waals surface area contributed by atoms with Gasteiger partial charge < -0.3 is 20.1 Å². The number of carbonyl (C=O) groups is 2. The maximum Gasteiger partial charge on any atom is 0.326 e. The van der Waals surface area contributed by atoms with Gasteiger partial charge in [0.1, 0.15) is 17.5 Å². The predicted molar refractivity (Wildman–Crippen MR) is 124 cm³/mol. The Balaban J connectivity index is 1.37. The summed E-state index contributed by atoms with van der Waals surface area (Å²) in [4.78, 5) is 27.2. The molecule has 0 radical (unpaired) electrons. The lowest BCUT2D eigenvalue weighted by Gasteiger charge is -2.13. The Hall–Kier alpha value is -4.32. The van der Waals surface area contributed by atoms with E-state index in [1.54, 1.807) is 12.3 Å². The van der Waals surface area contributed by atoms with Crippen molar-refractivity contribution in [2.45, 2.75) is 12.5 Å². The number of carboxylic acid groups (broad SMARTS) is 1. The number of benzene rings is 3. The maximum atomic E-state index is 12.3. The van der Waals surface area contributed by atoms with E-state index in [1.165, 1.54) is 6.08 Å². The molecule has 0 saturated carbocycles. The van der Waals surface area contributed by atoms with Crippen LogP contribution in [0.25, 0.3) is 17.0 Å². The van der Waals surface area contributed by atoms with E-state index in [4.69, 9.17) is 4.74 Å². The lowest BCUT2D eigenvalue weighted by atomic mass is 10.0. The molecule has 0 aliphatic heterocycles. The van der Waals surface area contributed by atoms with Gasteiger partial charge in [0.25, 0.3) is 0 Å². The smallest absolute Gasteiger partial charge is 0.326 e. The Bertz CT molecular complexity index is 1240. The quantitative estimate of drug-likeness (QED) is 0.354. The molecule has 0 aliphatic rings. The molecule has 0 fully saturated rings. The van der Waals surface area contributed by atoms with Gasteiger partial charge in [0, 0.05) is 29.6 Å². The van der Waals surface area contributed by atoms with E-state index in [0.29, 0.717) is 5.75 Å². The van der Waals surface area contributed by atoms with E-state index in [1.807, 2.05) is 78.9 Å². The first-order valence-corrected chi connectivity index (χ1v) is 10.2. The molecule has 3 N–H and O–H groups in total. The van der Waals surface area contributed by atoms with Gasteiger partial charge in [0.05, 0.1) is 0 Å². The van der Waals surface area contributed by atoms with Gasteiger partial charge >= 0.3 is 5.97 Å². The molecule has 0 saturated heterocycles. The molecule has 0 unspecified atom stereocenters. The third-order valence-corrected chi connectivity index (χ3v) is 5.00. The molecule has 0 bridgehead atoms. The molecule has 1 aromatic heterocycles. The lowest BCUT2D eigenvalue weighted by Crippen LogP contribution is -2.41. The monoisotopic (exact) mass is 426 g/mol. The summed E-state index contributed by atoms with van der Waals surface area (Å²) in [7, 11) is 0. The number of carboxylic acids is 1. The summed E-state index contributed by atoms with van der Waals surface area (Å²) in [6, 6.07) is 23.3. The Morgan fingerprint density at radius 1 is 0.938 bits per heavy atom. The first-order valence-electron chi connectivity index (χ1n) is 10.2. The number of fused-ring (bicyclic) bond motifs is 1. The zero-order valence-corrected chi connectivity index (χ0v) is 17.2. The van der Waals surface area contributed by atoms with Gasteiger partial charge in [0.15, 0.2) is 0 Å². The molecular weight excluding hydrogens is 404 g/mol. The van der Waals surface area contributed by atoms with Crippen LogP contribution in [-0.4, -0.2) is 28.0 Å². The highest BCUT2D eigenvalue weighted by atomic mass is 16.5. The average Bonchev–Trinajstić information content (AvgIpc) is 3.22. The molecule has 1 atom stereocenters. The molecule has 4 aromatic rings. The summed E-state index contributed by atoms with van der Waals surface area (Å²) >= 11 is 0. The fraction of sp³-hybridized carbons (Fsp3) is 0.0769. The van der Waals surface area contributed by atoms with Crippen molar-refractivity contribution in [3.8, 4) is 11.5 Å². The van der Waals surface area contributed by atoms with Gasteiger partial charge in [-0.25, -0.2) is 4.79 Å². The van der Waals surface area contributed by atoms with E-state index in [2.05, 4.69) is 10.3 Å². The van der Waals surface area contributed by atoms with Crippen molar-refractivity contribution in [1.29, 1.82) is 0 Å². The largest absolute Gasteiger partial charge is 0.480 e. The van der Waals surface area contributed by atoms with Crippen LogP contribution in [-0.2, 0) is 16.0 Å². The summed E-state index contributed by atoms with van der Waals surface area (Å²) < 4.78 is 5.75. The van der Waals surface area contributed by atoms with Gasteiger partial charge in [-0.2, -0.15) is 0 Å². The highest BCUT2D eigenvalue weighted by Crippen LogP contribution is 2.22. The van der Waals surface area contributed by atoms with Crippen LogP contribution in [0.4, 0.5) is 0 Å². The summed E-state index contributed by atoms with van der Waals surface area (Å²) in [5.74, 6) is -0.131. The van der Waals surface area contributed by atoms with E-state index < -0.39 is 17.9 Å². The summed E-state index contributed by atoms with van der Waals surface area (Å²) in [6.45, 7) is 0. The van der Waals surface area contributed by atoms with Gasteiger partial charge in [-0.05, 0) is 47.5 Å². The SMILES string of the molecule is O=C(/C=C/c1ccc(Oc2ccccc2)cc1)N[C@@H](Cc1c[nH]c2ccccc12)C(=O)O. The van der Waals surface area contributed by atoms with Crippen molar-refractivity contribution in [3.63, 3.8) is 0 Å². The topological polar surface area (TPSA) is 91.4 Å². The normalized spacial score (nSPS) is 12.0. The third kappa shape index (κ3) is 5.23. The predicted octanol–water partition coefficient (Wildman–Crippen LogP) is 4.79. The van der Waals surface area contributed by atoms with Crippen LogP contribution in [0, 0.1) is 0 Å². The molecule has 6 heteroatoms. The lowest BCUT2D eigenvalue weighted by molar-refractivity contribution is -0.141. The first-order chi connectivity index (χ1) is 15.6. The number of para-hydroxylation sites is 2. The highest BCUT2D eigenvalue weighted by molar-refractivity contribution is 5.94. The molecular formula is C26H22N2O4. The summed E-state index contributed by atoms with van der Waals surface area (Å²) in [5, 5.41) is 13.1. The molecule has 1 amide bonds. The van der Waals surface area contributed by atoms with E-state index in [9.17, 15) is 14.7 Å². The number of ether oxygens (including phenoxy) is 1. The van der Waals surface area contributed by atoms with Crippen molar-refractivity contribution < 1.29 is 19.4 Å². The van der Waals surface area contributed by atoms with E-state index >= 15 is 0 Å². The van der Waals surface area contributed by atoms with Gasteiger partial charge in [-0.1, -0.05) is 48.5 Å². The van der Waals surface area contributed by atoms with Crippen molar-refractivity contribution in [2.24, 2.45) is 0 Å². The molecule has 160 valence electrons. The number of aromatic amines is 1. The molecule has 6 nitrogen and oxygen atoms in total. The van der Waals surface area contributed by atoms with Crippen LogP contribution in [0.15, 0.2) is 91.1 Å². The summed E-state index contributed by atoms with van der Waals surface area (Å²) in [6.07, 6.45) is 4.93. The third-order valence-electron chi connectivity index (χ3n) is 5.00. The number of carbonyl (C=O) groups excluding carboxylic acids is 1. The Morgan fingerprint density at radius 2 is 1.62 bits per heavy atom. The van der Waals surface area contributed by atoms with Crippen LogP contribution in [0.1, 0.15) is 11.1 Å². The van der Waals surface area contributed by atoms with Crippen LogP contribution < -0.4 is 10.1 Å². The van der Waals surface area contributed by atoms with E-state index in [0.717, 1.165) is 27.8 Å². The number of amides is 1. The van der Waals surface area contributed by atoms with Crippen LogP contribution in [0.2, 0.25) is 0 Å². The number of aliphatic carboxylic acids is 1. The zero-order valence-electron chi connectivity index (χ0n) is 17.2. The zero-order chi connectivity index (χ0) is 22.3. The average molecular weight is 426 g/mol. The van der Waals surface area contributed by atoms with Crippen molar-refractivity contribution in [1.82, 2.24) is 10.3 Å². The second-order valence-electron chi connectivity index (χ2n) is 7.28. The Kier molecular flexibility index (Phi) is 6.32. The van der Waals surface area contributed by atoms with Crippen molar-refractivity contribution >= 4 is 28.9 Å². The molecule has 0 aliphatic carbocycles. The maximum absolute atomic E-state index is 12.3. The number of H-pyrrole nitrogens is 1. The Labute approximate surface area is 185 Å². The van der Waals surface area contributed by atoms with Gasteiger partial charge in [-0.3, -0.25) is 4.79 Å². The molecule has 4 rings (SSSR count). The van der Waals surface area contributed by atoms with E-state index in [-0.39, 0.29) is 6.42 Å². The van der Waals surface area contributed by atoms with Gasteiger partial charge in [0.2, 0.25) is 5.91 Å². The second-order valence-corrected chi connectivity index (χ2v) is 7.28. The number of nitrogens with one attached hydrogen (secondary N) is 2. The Morgan fingerprint density at radius 3 is 2.38 bits per heavy atom. The van der Waals surface area contributed by atoms with Crippen LogP contribution in [0.5, 0.6) is 11.5 Å². The van der Waals surface area contributed by atoms with Crippen molar-refractivity contribution in [2.75, 3.05) is 0 Å². The minimum atomic E-state index is -1.08.